The summed E-state index contributed by atoms with van der Waals surface area (Å²) < 4.78 is 39.0. The van der Waals surface area contributed by atoms with E-state index in [1.807, 2.05) is 0 Å². The maximum Gasteiger partial charge on any atom is 0.175 e. The van der Waals surface area contributed by atoms with Gasteiger partial charge in [-0.25, -0.2) is 13.2 Å². The normalized spacial score (nSPS) is 10.5. The molecule has 13 heavy (non-hydrogen) atoms. The highest BCUT2D eigenvalue weighted by Gasteiger charge is 2.16. The highest BCUT2D eigenvalue weighted by Crippen LogP contribution is 2.26. The molecule has 2 N–H and O–H groups in total. The summed E-state index contributed by atoms with van der Waals surface area (Å²) in [5, 5.41) is 0. The Morgan fingerprint density at radius 3 is 2.38 bits per heavy atom. The molecule has 0 aliphatic rings. The molecular weight excluding hydrogens is 199 g/mol. The lowest BCUT2D eigenvalue weighted by Crippen LogP contribution is -2.04. The molecule has 1 aromatic carbocycles. The zero-order chi connectivity index (χ0) is 10.0. The molecule has 0 unspecified atom stereocenters. The summed E-state index contributed by atoms with van der Waals surface area (Å²) in [6.45, 7) is -0.214. The Labute approximate surface area is 78.1 Å². The monoisotopic (exact) mass is 207 g/mol. The summed E-state index contributed by atoms with van der Waals surface area (Å²) in [6, 6.07) is 0.921. The average molecular weight is 207 g/mol. The molecule has 0 atom stereocenters. The van der Waals surface area contributed by atoms with Gasteiger partial charge in [-0.05, 0) is 12.3 Å². The minimum atomic E-state index is -1.16. The summed E-state index contributed by atoms with van der Waals surface area (Å²) in [6.07, 6.45) is 1.48. The molecule has 0 saturated heterocycles. The molecule has 72 valence electrons. The van der Waals surface area contributed by atoms with Crippen LogP contribution in [0, 0.1) is 17.5 Å². The van der Waals surface area contributed by atoms with Crippen molar-refractivity contribution < 1.29 is 13.2 Å². The Kier molecular flexibility index (Phi) is 3.22. The van der Waals surface area contributed by atoms with Crippen molar-refractivity contribution in [3.63, 3.8) is 0 Å². The van der Waals surface area contributed by atoms with E-state index in [9.17, 15) is 13.2 Å². The van der Waals surface area contributed by atoms with Crippen LogP contribution in [-0.2, 0) is 6.54 Å². The summed E-state index contributed by atoms with van der Waals surface area (Å²) >= 11 is 0.825. The first-order valence-corrected chi connectivity index (χ1v) is 4.74. The minimum absolute atomic E-state index is 0.146. The van der Waals surface area contributed by atoms with Crippen molar-refractivity contribution in [1.82, 2.24) is 0 Å². The molecule has 5 heteroatoms. The fraction of sp³-hybridized carbons (Fsp3) is 0.250. The lowest BCUT2D eigenvalue weighted by atomic mass is 10.2. The van der Waals surface area contributed by atoms with Crippen molar-refractivity contribution in [2.24, 2.45) is 5.73 Å². The van der Waals surface area contributed by atoms with Crippen molar-refractivity contribution in [2.75, 3.05) is 6.26 Å². The quantitative estimate of drug-likeness (QED) is 0.594. The predicted octanol–water partition coefficient (Wildman–Crippen LogP) is 2.28. The molecule has 1 rings (SSSR count). The van der Waals surface area contributed by atoms with E-state index in [1.54, 1.807) is 0 Å². The fourth-order valence-corrected chi connectivity index (χ4v) is 1.49. The lowest BCUT2D eigenvalue weighted by molar-refractivity contribution is 0.459. The van der Waals surface area contributed by atoms with Gasteiger partial charge in [-0.15, -0.1) is 11.8 Å². The van der Waals surface area contributed by atoms with Crippen LogP contribution < -0.4 is 5.73 Å². The van der Waals surface area contributed by atoms with Gasteiger partial charge in [0, 0.05) is 12.1 Å². The van der Waals surface area contributed by atoms with Crippen LogP contribution in [-0.4, -0.2) is 6.26 Å². The smallest absolute Gasteiger partial charge is 0.175 e. The Balaban J connectivity index is 3.37. The van der Waals surface area contributed by atoms with Crippen LogP contribution in [0.5, 0.6) is 0 Å². The first-order valence-electron chi connectivity index (χ1n) is 3.52. The van der Waals surface area contributed by atoms with Crippen LogP contribution in [0.2, 0.25) is 0 Å². The van der Waals surface area contributed by atoms with Gasteiger partial charge >= 0.3 is 0 Å². The van der Waals surface area contributed by atoms with Crippen molar-refractivity contribution in [3.05, 3.63) is 29.1 Å². The van der Waals surface area contributed by atoms with Crippen LogP contribution in [0.25, 0.3) is 0 Å². The molecular formula is C8H8F3NS. The molecule has 1 aromatic rings. The largest absolute Gasteiger partial charge is 0.326 e. The van der Waals surface area contributed by atoms with Crippen molar-refractivity contribution in [2.45, 2.75) is 11.4 Å². The van der Waals surface area contributed by atoms with Crippen LogP contribution >= 0.6 is 11.8 Å². The summed E-state index contributed by atoms with van der Waals surface area (Å²) in [4.78, 5) is -0.310. The van der Waals surface area contributed by atoms with Gasteiger partial charge < -0.3 is 5.73 Å². The second kappa shape index (κ2) is 4.02. The maximum absolute atomic E-state index is 13.0. The van der Waals surface area contributed by atoms with Crippen molar-refractivity contribution >= 4 is 11.8 Å². The molecule has 0 heterocycles. The first-order chi connectivity index (χ1) is 6.11. The molecule has 0 saturated carbocycles. The first kappa shape index (κ1) is 10.4. The number of rotatable bonds is 2. The van der Waals surface area contributed by atoms with E-state index >= 15 is 0 Å². The maximum atomic E-state index is 13.0. The summed E-state index contributed by atoms with van der Waals surface area (Å²) in [5.41, 5.74) is 4.95. The number of nitrogens with two attached hydrogens (primary N) is 1. The molecule has 0 spiro atoms. The predicted molar refractivity (Wildman–Crippen MR) is 46.0 cm³/mol. The van der Waals surface area contributed by atoms with Crippen LogP contribution in [0.3, 0.4) is 0 Å². The number of halogens is 3. The highest BCUT2D eigenvalue weighted by molar-refractivity contribution is 7.98. The molecule has 0 amide bonds. The Hall–Kier alpha value is -0.680. The van der Waals surface area contributed by atoms with Crippen molar-refractivity contribution in [3.8, 4) is 0 Å². The molecule has 0 radical (unpaired) electrons. The van der Waals surface area contributed by atoms with Gasteiger partial charge in [0.1, 0.15) is 5.82 Å². The average Bonchev–Trinajstić information content (AvgIpc) is 2.12. The van der Waals surface area contributed by atoms with Crippen LogP contribution in [0.4, 0.5) is 13.2 Å². The van der Waals surface area contributed by atoms with E-state index in [4.69, 9.17) is 5.73 Å². The van der Waals surface area contributed by atoms with E-state index in [0.717, 1.165) is 17.8 Å². The fourth-order valence-electron chi connectivity index (χ4n) is 0.963. The number of thioether (sulfide) groups is 1. The Morgan fingerprint density at radius 1 is 1.31 bits per heavy atom. The number of hydrogen-bond acceptors (Lipinski definition) is 2. The zero-order valence-electron chi connectivity index (χ0n) is 6.90. The van der Waals surface area contributed by atoms with Gasteiger partial charge in [-0.1, -0.05) is 0 Å². The SMILES string of the molecule is CSc1c(F)cc(CN)c(F)c1F. The number of hydrogen-bond donors (Lipinski definition) is 1. The van der Waals surface area contributed by atoms with Crippen molar-refractivity contribution in [1.29, 1.82) is 0 Å². The van der Waals surface area contributed by atoms with Gasteiger partial charge in [0.25, 0.3) is 0 Å². The Morgan fingerprint density at radius 2 is 1.92 bits per heavy atom. The molecule has 0 aliphatic heterocycles. The van der Waals surface area contributed by atoms with Gasteiger partial charge in [-0.2, -0.15) is 0 Å². The zero-order valence-corrected chi connectivity index (χ0v) is 7.72. The van der Waals surface area contributed by atoms with E-state index in [-0.39, 0.29) is 17.0 Å². The van der Waals surface area contributed by atoms with E-state index in [0.29, 0.717) is 0 Å². The lowest BCUT2D eigenvalue weighted by Gasteiger charge is -2.06. The van der Waals surface area contributed by atoms with Gasteiger partial charge in [-0.3, -0.25) is 0 Å². The van der Waals surface area contributed by atoms with E-state index < -0.39 is 17.5 Å². The molecule has 0 fully saturated rings. The van der Waals surface area contributed by atoms with Gasteiger partial charge in [0.2, 0.25) is 0 Å². The second-order valence-electron chi connectivity index (χ2n) is 2.38. The third-order valence-electron chi connectivity index (χ3n) is 1.62. The van der Waals surface area contributed by atoms with E-state index in [1.165, 1.54) is 6.26 Å². The van der Waals surface area contributed by atoms with Crippen LogP contribution in [0.15, 0.2) is 11.0 Å². The molecule has 0 aromatic heterocycles. The highest BCUT2D eigenvalue weighted by atomic mass is 32.2. The third kappa shape index (κ3) is 1.81. The Bertz CT molecular complexity index is 328. The molecule has 0 aliphatic carbocycles. The van der Waals surface area contributed by atoms with Gasteiger partial charge in [0.15, 0.2) is 11.6 Å². The van der Waals surface area contributed by atoms with Gasteiger partial charge in [0.05, 0.1) is 4.90 Å². The van der Waals surface area contributed by atoms with Crippen LogP contribution in [0.1, 0.15) is 5.56 Å². The summed E-state index contributed by atoms with van der Waals surface area (Å²) in [7, 11) is 0. The minimum Gasteiger partial charge on any atom is -0.326 e. The second-order valence-corrected chi connectivity index (χ2v) is 3.20. The standard InChI is InChI=1S/C8H8F3NS/c1-13-8-5(9)2-4(3-12)6(10)7(8)11/h2H,3,12H2,1H3. The molecule has 0 bridgehead atoms. The number of benzene rings is 1. The summed E-state index contributed by atoms with van der Waals surface area (Å²) in [5.74, 6) is -2.99. The van der Waals surface area contributed by atoms with E-state index in [2.05, 4.69) is 0 Å². The molecule has 1 nitrogen and oxygen atoms in total. The topological polar surface area (TPSA) is 26.0 Å². The third-order valence-corrected chi connectivity index (χ3v) is 2.40.